The second-order valence-corrected chi connectivity index (χ2v) is 8.15. The molecule has 2 heterocycles. The highest BCUT2D eigenvalue weighted by Gasteiger charge is 2.36. The second kappa shape index (κ2) is 9.88. The summed E-state index contributed by atoms with van der Waals surface area (Å²) in [5.41, 5.74) is 8.32. The van der Waals surface area contributed by atoms with Gasteiger partial charge in [-0.25, -0.2) is 4.79 Å². The van der Waals surface area contributed by atoms with Crippen LogP contribution in [0.3, 0.4) is 0 Å². The summed E-state index contributed by atoms with van der Waals surface area (Å²) in [7, 11) is 1.65. The number of hydrogen-bond acceptors (Lipinski definition) is 7. The number of hydrogen-bond donors (Lipinski definition) is 1. The SMILES string of the molecule is CCOC(=O)C1=C(C)OC(N)=C(C#N)C1c1ccc(OC)c(CN2CCC(C)CC2)c1. The zero-order valence-electron chi connectivity index (χ0n) is 18.7. The van der Waals surface area contributed by atoms with Crippen LogP contribution in [0.2, 0.25) is 0 Å². The fourth-order valence-corrected chi connectivity index (χ4v) is 4.25. The van der Waals surface area contributed by atoms with Gasteiger partial charge in [-0.05, 0) is 63.4 Å². The Labute approximate surface area is 184 Å². The third kappa shape index (κ3) is 4.86. The van der Waals surface area contributed by atoms with Gasteiger partial charge in [0.05, 0.1) is 25.2 Å². The van der Waals surface area contributed by atoms with E-state index in [9.17, 15) is 10.1 Å². The van der Waals surface area contributed by atoms with Crippen LogP contribution < -0.4 is 10.5 Å². The van der Waals surface area contributed by atoms with E-state index >= 15 is 0 Å². The van der Waals surface area contributed by atoms with Gasteiger partial charge in [-0.3, -0.25) is 4.90 Å². The molecule has 0 spiro atoms. The van der Waals surface area contributed by atoms with E-state index in [1.165, 1.54) is 12.8 Å². The molecule has 0 bridgehead atoms. The van der Waals surface area contributed by atoms with Crippen LogP contribution in [-0.2, 0) is 20.8 Å². The maximum absolute atomic E-state index is 12.8. The minimum Gasteiger partial charge on any atom is -0.496 e. The van der Waals surface area contributed by atoms with Crippen molar-refractivity contribution in [2.75, 3.05) is 26.8 Å². The van der Waals surface area contributed by atoms with Crippen LogP contribution in [-0.4, -0.2) is 37.7 Å². The highest BCUT2D eigenvalue weighted by molar-refractivity contribution is 5.92. The molecule has 2 aliphatic rings. The lowest BCUT2D eigenvalue weighted by atomic mass is 9.82. The Morgan fingerprint density at radius 2 is 2.06 bits per heavy atom. The van der Waals surface area contributed by atoms with Crippen molar-refractivity contribution in [3.8, 4) is 11.8 Å². The standard InChI is InChI=1S/C24H31N3O4/c1-5-30-24(28)21-16(3)31-23(26)19(13-25)22(21)17-6-7-20(29-4)18(12-17)14-27-10-8-15(2)9-11-27/h6-7,12,15,22H,5,8-11,14,26H2,1-4H3. The normalized spacial score (nSPS) is 20.3. The first-order valence-electron chi connectivity index (χ1n) is 10.7. The van der Waals surface area contributed by atoms with E-state index in [4.69, 9.17) is 19.9 Å². The summed E-state index contributed by atoms with van der Waals surface area (Å²) in [6.07, 6.45) is 2.35. The van der Waals surface area contributed by atoms with Crippen LogP contribution >= 0.6 is 0 Å². The van der Waals surface area contributed by atoms with E-state index in [-0.39, 0.29) is 18.1 Å². The lowest BCUT2D eigenvalue weighted by molar-refractivity contribution is -0.139. The van der Waals surface area contributed by atoms with Gasteiger partial charge in [0.25, 0.3) is 0 Å². The smallest absolute Gasteiger partial charge is 0.338 e. The number of benzene rings is 1. The second-order valence-electron chi connectivity index (χ2n) is 8.15. The Balaban J connectivity index is 2.02. The predicted octanol–water partition coefficient (Wildman–Crippen LogP) is 3.57. The first kappa shape index (κ1) is 22.7. The molecule has 0 aliphatic carbocycles. The van der Waals surface area contributed by atoms with Crippen molar-refractivity contribution in [2.24, 2.45) is 11.7 Å². The van der Waals surface area contributed by atoms with Gasteiger partial charge in [-0.1, -0.05) is 13.0 Å². The van der Waals surface area contributed by atoms with E-state index in [0.29, 0.717) is 11.3 Å². The Morgan fingerprint density at radius 1 is 1.35 bits per heavy atom. The fourth-order valence-electron chi connectivity index (χ4n) is 4.25. The summed E-state index contributed by atoms with van der Waals surface area (Å²) in [6, 6.07) is 7.89. The van der Waals surface area contributed by atoms with Gasteiger partial charge in [0.2, 0.25) is 5.88 Å². The first-order chi connectivity index (χ1) is 14.9. The summed E-state index contributed by atoms with van der Waals surface area (Å²) >= 11 is 0. The Hall–Kier alpha value is -2.98. The predicted molar refractivity (Wildman–Crippen MR) is 117 cm³/mol. The van der Waals surface area contributed by atoms with Gasteiger partial charge >= 0.3 is 5.97 Å². The molecular formula is C24H31N3O4. The van der Waals surface area contributed by atoms with Gasteiger partial charge in [-0.15, -0.1) is 0 Å². The molecule has 0 aromatic heterocycles. The minimum absolute atomic E-state index is 0.0143. The van der Waals surface area contributed by atoms with Crippen LogP contribution in [0.25, 0.3) is 0 Å². The van der Waals surface area contributed by atoms with Crippen LogP contribution in [0.15, 0.2) is 41.0 Å². The van der Waals surface area contributed by atoms with Crippen molar-refractivity contribution in [1.29, 1.82) is 5.26 Å². The topological polar surface area (TPSA) is 97.8 Å². The number of allylic oxidation sites excluding steroid dienone is 2. The molecule has 1 aromatic carbocycles. The van der Waals surface area contributed by atoms with Crippen molar-refractivity contribution < 1.29 is 19.0 Å². The Bertz CT molecular complexity index is 937. The molecule has 0 radical (unpaired) electrons. The van der Waals surface area contributed by atoms with Gasteiger partial charge in [0, 0.05) is 12.1 Å². The van der Waals surface area contributed by atoms with Gasteiger partial charge in [0.1, 0.15) is 23.2 Å². The molecule has 7 nitrogen and oxygen atoms in total. The molecule has 2 N–H and O–H groups in total. The van der Waals surface area contributed by atoms with Gasteiger partial charge in [-0.2, -0.15) is 5.26 Å². The molecule has 0 amide bonds. The molecule has 1 unspecified atom stereocenters. The maximum Gasteiger partial charge on any atom is 0.338 e. The number of likely N-dealkylation sites (tertiary alicyclic amines) is 1. The number of nitrogens with zero attached hydrogens (tertiary/aromatic N) is 2. The summed E-state index contributed by atoms with van der Waals surface area (Å²) < 4.78 is 16.4. The molecule has 1 aromatic rings. The molecule has 2 aliphatic heterocycles. The molecule has 7 heteroatoms. The summed E-state index contributed by atoms with van der Waals surface area (Å²) in [6.45, 7) is 8.74. The molecular weight excluding hydrogens is 394 g/mol. The fraction of sp³-hybridized carbons (Fsp3) is 0.500. The zero-order valence-corrected chi connectivity index (χ0v) is 18.7. The number of carbonyl (C=O) groups is 1. The summed E-state index contributed by atoms with van der Waals surface area (Å²) in [5, 5.41) is 9.79. The number of esters is 1. The van der Waals surface area contributed by atoms with E-state index in [1.807, 2.05) is 18.2 Å². The van der Waals surface area contributed by atoms with E-state index in [1.54, 1.807) is 21.0 Å². The third-order valence-corrected chi connectivity index (χ3v) is 6.01. The molecule has 31 heavy (non-hydrogen) atoms. The number of nitriles is 1. The highest BCUT2D eigenvalue weighted by atomic mass is 16.5. The highest BCUT2D eigenvalue weighted by Crippen LogP contribution is 2.41. The van der Waals surface area contributed by atoms with Crippen LogP contribution in [0.1, 0.15) is 50.7 Å². The lowest BCUT2D eigenvalue weighted by Crippen LogP contribution is -2.32. The van der Waals surface area contributed by atoms with Gasteiger partial charge < -0.3 is 19.9 Å². The van der Waals surface area contributed by atoms with E-state index in [2.05, 4.69) is 17.9 Å². The van der Waals surface area contributed by atoms with Crippen molar-refractivity contribution in [3.63, 3.8) is 0 Å². The molecule has 1 atom stereocenters. The van der Waals surface area contributed by atoms with Crippen molar-refractivity contribution >= 4 is 5.97 Å². The van der Waals surface area contributed by atoms with Crippen LogP contribution in [0, 0.1) is 17.2 Å². The first-order valence-corrected chi connectivity index (χ1v) is 10.7. The number of methoxy groups -OCH3 is 1. The van der Waals surface area contributed by atoms with Crippen molar-refractivity contribution in [2.45, 2.75) is 46.1 Å². The Kier molecular flexibility index (Phi) is 7.24. The average Bonchev–Trinajstić information content (AvgIpc) is 2.75. The summed E-state index contributed by atoms with van der Waals surface area (Å²) in [5.74, 6) is 0.737. The number of piperidine rings is 1. The zero-order chi connectivity index (χ0) is 22.5. The van der Waals surface area contributed by atoms with E-state index < -0.39 is 11.9 Å². The molecule has 0 saturated carbocycles. The largest absolute Gasteiger partial charge is 0.496 e. The molecule has 166 valence electrons. The van der Waals surface area contributed by atoms with Gasteiger partial charge in [0.15, 0.2) is 0 Å². The molecule has 1 saturated heterocycles. The van der Waals surface area contributed by atoms with E-state index in [0.717, 1.165) is 42.4 Å². The quantitative estimate of drug-likeness (QED) is 0.696. The van der Waals surface area contributed by atoms with Crippen molar-refractivity contribution in [3.05, 3.63) is 52.1 Å². The number of ether oxygens (including phenoxy) is 3. The lowest BCUT2D eigenvalue weighted by Gasteiger charge is -2.31. The summed E-state index contributed by atoms with van der Waals surface area (Å²) in [4.78, 5) is 15.2. The van der Waals surface area contributed by atoms with Crippen LogP contribution in [0.4, 0.5) is 0 Å². The van der Waals surface area contributed by atoms with Crippen molar-refractivity contribution in [1.82, 2.24) is 4.90 Å². The monoisotopic (exact) mass is 425 g/mol. The molecule has 3 rings (SSSR count). The average molecular weight is 426 g/mol. The Morgan fingerprint density at radius 3 is 2.68 bits per heavy atom. The van der Waals surface area contributed by atoms with Crippen LogP contribution in [0.5, 0.6) is 5.75 Å². The third-order valence-electron chi connectivity index (χ3n) is 6.01. The number of nitrogens with two attached hydrogens (primary N) is 1. The number of rotatable bonds is 6. The number of carbonyl (C=O) groups excluding carboxylic acids is 1. The minimum atomic E-state index is -0.649. The molecule has 1 fully saturated rings. The maximum atomic E-state index is 12.8.